The monoisotopic (exact) mass is 336 g/mol. The number of carbonyl (C=O) groups excluding carboxylic acids is 1. The van der Waals surface area contributed by atoms with Crippen LogP contribution in [0.5, 0.6) is 0 Å². The molecular formula is C15H17ClN4OS. The van der Waals surface area contributed by atoms with Gasteiger partial charge in [0.05, 0.1) is 10.7 Å². The summed E-state index contributed by atoms with van der Waals surface area (Å²) >= 11 is 7.84. The summed E-state index contributed by atoms with van der Waals surface area (Å²) in [5.41, 5.74) is 1.47. The number of amides is 1. The number of anilines is 1. The number of hydrogen-bond donors (Lipinski definition) is 1. The molecule has 0 aromatic carbocycles. The normalized spacial score (nSPS) is 21.1. The van der Waals surface area contributed by atoms with Crippen molar-refractivity contribution in [1.29, 1.82) is 0 Å². The molecule has 1 aliphatic rings. The van der Waals surface area contributed by atoms with Crippen LogP contribution in [-0.4, -0.2) is 29.0 Å². The molecule has 5 nitrogen and oxygen atoms in total. The molecule has 1 amide bonds. The van der Waals surface area contributed by atoms with Crippen molar-refractivity contribution in [3.8, 4) is 0 Å². The highest BCUT2D eigenvalue weighted by molar-refractivity contribution is 7.09. The van der Waals surface area contributed by atoms with Crippen molar-refractivity contribution in [2.75, 3.05) is 18.0 Å². The first-order valence-corrected chi connectivity index (χ1v) is 8.32. The molecule has 2 aromatic rings. The molecule has 1 aliphatic heterocycles. The van der Waals surface area contributed by atoms with Crippen LogP contribution >= 0.6 is 22.9 Å². The predicted octanol–water partition coefficient (Wildman–Crippen LogP) is 2.74. The molecule has 3 heterocycles. The molecule has 7 heteroatoms. The van der Waals surface area contributed by atoms with E-state index in [1.54, 1.807) is 30.7 Å². The Morgan fingerprint density at radius 1 is 1.55 bits per heavy atom. The molecule has 0 radical (unpaired) electrons. The molecule has 2 aromatic heterocycles. The molecule has 0 saturated carbocycles. The number of halogens is 1. The summed E-state index contributed by atoms with van der Waals surface area (Å²) in [4.78, 5) is 22.5. The van der Waals surface area contributed by atoms with Gasteiger partial charge in [-0.1, -0.05) is 11.6 Å². The summed E-state index contributed by atoms with van der Waals surface area (Å²) in [7, 11) is 0. The lowest BCUT2D eigenvalue weighted by molar-refractivity contribution is -0.120. The summed E-state index contributed by atoms with van der Waals surface area (Å²) in [6.45, 7) is 4.98. The van der Waals surface area contributed by atoms with Crippen LogP contribution in [0.25, 0.3) is 0 Å². The molecule has 1 saturated heterocycles. The van der Waals surface area contributed by atoms with Gasteiger partial charge in [-0.15, -0.1) is 11.3 Å². The lowest BCUT2D eigenvalue weighted by Gasteiger charge is -2.29. The van der Waals surface area contributed by atoms with Crippen molar-refractivity contribution < 1.29 is 4.79 Å². The van der Waals surface area contributed by atoms with Crippen molar-refractivity contribution in [3.63, 3.8) is 0 Å². The zero-order valence-electron chi connectivity index (χ0n) is 12.5. The number of carbonyl (C=O) groups is 1. The largest absolute Gasteiger partial charge is 0.367 e. The van der Waals surface area contributed by atoms with Gasteiger partial charge >= 0.3 is 0 Å². The second-order valence-corrected chi connectivity index (χ2v) is 6.82. The molecule has 1 atom stereocenters. The van der Waals surface area contributed by atoms with E-state index in [1.807, 2.05) is 18.4 Å². The van der Waals surface area contributed by atoms with Gasteiger partial charge in [0.1, 0.15) is 10.5 Å². The number of pyridine rings is 1. The van der Waals surface area contributed by atoms with Gasteiger partial charge in [-0.05, 0) is 19.4 Å². The lowest BCUT2D eigenvalue weighted by Crippen LogP contribution is -2.47. The number of nitrogens with zero attached hydrogens (tertiary/aromatic N) is 3. The third-order valence-corrected chi connectivity index (χ3v) is 5.26. The van der Waals surface area contributed by atoms with Crippen LogP contribution in [0.1, 0.15) is 24.0 Å². The van der Waals surface area contributed by atoms with E-state index in [0.717, 1.165) is 29.4 Å². The van der Waals surface area contributed by atoms with Crippen LogP contribution in [0.4, 0.5) is 5.69 Å². The zero-order valence-corrected chi connectivity index (χ0v) is 14.0. The average Bonchev–Trinajstić information content (AvgIpc) is 3.06. The van der Waals surface area contributed by atoms with Crippen LogP contribution in [0.2, 0.25) is 5.02 Å². The number of aromatic nitrogens is 2. The van der Waals surface area contributed by atoms with Crippen LogP contribution in [0, 0.1) is 6.92 Å². The van der Waals surface area contributed by atoms with Gasteiger partial charge in [-0.2, -0.15) is 0 Å². The van der Waals surface area contributed by atoms with Crippen molar-refractivity contribution >= 4 is 34.5 Å². The Bertz CT molecular complexity index is 704. The topological polar surface area (TPSA) is 58.1 Å². The maximum Gasteiger partial charge on any atom is 0.217 e. The number of nitrogens with one attached hydrogen (secondary N) is 1. The van der Waals surface area contributed by atoms with Crippen molar-refractivity contribution in [2.45, 2.75) is 25.8 Å². The maximum atomic E-state index is 11.7. The van der Waals surface area contributed by atoms with Crippen LogP contribution in [0.3, 0.4) is 0 Å². The molecule has 116 valence electrons. The highest BCUT2D eigenvalue weighted by atomic mass is 35.5. The summed E-state index contributed by atoms with van der Waals surface area (Å²) in [5.74, 6) is -0.0458. The molecular weight excluding hydrogens is 320 g/mol. The highest BCUT2D eigenvalue weighted by Crippen LogP contribution is 2.38. The molecule has 22 heavy (non-hydrogen) atoms. The Balaban J connectivity index is 1.93. The number of thiazole rings is 1. The fourth-order valence-electron chi connectivity index (χ4n) is 2.88. The minimum absolute atomic E-state index is 0.0458. The van der Waals surface area contributed by atoms with Gasteiger partial charge < -0.3 is 10.2 Å². The molecule has 0 aliphatic carbocycles. The van der Waals surface area contributed by atoms with E-state index >= 15 is 0 Å². The van der Waals surface area contributed by atoms with E-state index in [1.165, 1.54) is 0 Å². The minimum atomic E-state index is -0.447. The Kier molecular flexibility index (Phi) is 4.06. The van der Waals surface area contributed by atoms with Crippen LogP contribution in [-0.2, 0) is 10.3 Å². The van der Waals surface area contributed by atoms with E-state index < -0.39 is 5.54 Å². The number of rotatable bonds is 3. The molecule has 1 fully saturated rings. The number of aryl methyl sites for hydroxylation is 1. The minimum Gasteiger partial charge on any atom is -0.367 e. The van der Waals surface area contributed by atoms with Gasteiger partial charge in [0, 0.05) is 43.5 Å². The van der Waals surface area contributed by atoms with E-state index in [9.17, 15) is 4.79 Å². The SMILES string of the molecule is CC(=O)NC1(c2nc(C)cs2)CCN(c2ccncc2Cl)C1. The first-order chi connectivity index (χ1) is 10.5. The highest BCUT2D eigenvalue weighted by Gasteiger charge is 2.43. The Hall–Kier alpha value is -1.66. The first kappa shape index (κ1) is 15.2. The standard InChI is InChI=1S/C15H17ClN4OS/c1-10-8-22-14(18-10)15(19-11(2)21)4-6-20(9-15)13-3-5-17-7-12(13)16/h3,5,7-8H,4,6,9H2,1-2H3,(H,19,21). The van der Waals surface area contributed by atoms with E-state index in [0.29, 0.717) is 11.6 Å². The quantitative estimate of drug-likeness (QED) is 0.936. The third kappa shape index (κ3) is 2.80. The molecule has 0 bridgehead atoms. The lowest BCUT2D eigenvalue weighted by atomic mass is 9.99. The summed E-state index contributed by atoms with van der Waals surface area (Å²) in [6, 6.07) is 1.90. The Labute approximate surface area is 138 Å². The van der Waals surface area contributed by atoms with Crippen LogP contribution in [0.15, 0.2) is 23.8 Å². The summed E-state index contributed by atoms with van der Waals surface area (Å²) in [5, 5.41) is 6.70. The van der Waals surface area contributed by atoms with E-state index in [4.69, 9.17) is 11.6 Å². The molecule has 1 unspecified atom stereocenters. The molecule has 1 N–H and O–H groups in total. The Morgan fingerprint density at radius 2 is 2.36 bits per heavy atom. The number of hydrogen-bond acceptors (Lipinski definition) is 5. The molecule has 0 spiro atoms. The van der Waals surface area contributed by atoms with Crippen molar-refractivity contribution in [3.05, 3.63) is 39.6 Å². The third-order valence-electron chi connectivity index (χ3n) is 3.80. The Morgan fingerprint density at radius 3 is 3.00 bits per heavy atom. The second-order valence-electron chi connectivity index (χ2n) is 5.56. The molecule has 3 rings (SSSR count). The summed E-state index contributed by atoms with van der Waals surface area (Å²) in [6.07, 6.45) is 4.17. The van der Waals surface area contributed by atoms with Gasteiger partial charge in [0.15, 0.2) is 0 Å². The van der Waals surface area contributed by atoms with Gasteiger partial charge in [-0.3, -0.25) is 9.78 Å². The van der Waals surface area contributed by atoms with Crippen molar-refractivity contribution in [1.82, 2.24) is 15.3 Å². The summed E-state index contributed by atoms with van der Waals surface area (Å²) < 4.78 is 0. The fraction of sp³-hybridized carbons (Fsp3) is 0.400. The zero-order chi connectivity index (χ0) is 15.7. The van der Waals surface area contributed by atoms with E-state index in [2.05, 4.69) is 20.2 Å². The predicted molar refractivity (Wildman–Crippen MR) is 88.4 cm³/mol. The second kappa shape index (κ2) is 5.85. The van der Waals surface area contributed by atoms with Gasteiger partial charge in [-0.25, -0.2) is 4.98 Å². The van der Waals surface area contributed by atoms with Gasteiger partial charge in [0.2, 0.25) is 5.91 Å². The van der Waals surface area contributed by atoms with Crippen LogP contribution < -0.4 is 10.2 Å². The average molecular weight is 337 g/mol. The smallest absolute Gasteiger partial charge is 0.217 e. The van der Waals surface area contributed by atoms with E-state index in [-0.39, 0.29) is 5.91 Å². The van der Waals surface area contributed by atoms with Crippen molar-refractivity contribution in [2.24, 2.45) is 0 Å². The fourth-order valence-corrected chi connectivity index (χ4v) is 4.09. The first-order valence-electron chi connectivity index (χ1n) is 7.06. The van der Waals surface area contributed by atoms with Gasteiger partial charge in [0.25, 0.3) is 0 Å². The maximum absolute atomic E-state index is 11.7.